The van der Waals surface area contributed by atoms with Crippen molar-refractivity contribution < 1.29 is 18.7 Å². The fraction of sp³-hybridized carbons (Fsp3) is 0.214. The zero-order valence-electron chi connectivity index (χ0n) is 11.1. The molecular formula is C14H13FN2O3. The Labute approximate surface area is 115 Å². The lowest BCUT2D eigenvalue weighted by atomic mass is 10.0. The summed E-state index contributed by atoms with van der Waals surface area (Å²) >= 11 is 0. The Bertz CT molecular complexity index is 664. The monoisotopic (exact) mass is 276 g/mol. The van der Waals surface area contributed by atoms with Gasteiger partial charge >= 0.3 is 0 Å². The van der Waals surface area contributed by atoms with Gasteiger partial charge in [0.25, 0.3) is 0 Å². The molecule has 20 heavy (non-hydrogen) atoms. The fourth-order valence-corrected chi connectivity index (χ4v) is 1.85. The van der Waals surface area contributed by atoms with Crippen LogP contribution in [-0.4, -0.2) is 28.5 Å². The maximum atomic E-state index is 13.7. The largest absolute Gasteiger partial charge is 0.496 e. The Kier molecular flexibility index (Phi) is 3.93. The van der Waals surface area contributed by atoms with Crippen LogP contribution in [0.15, 0.2) is 30.6 Å². The molecule has 0 bridgehead atoms. The maximum Gasteiger partial charge on any atom is 0.177 e. The molecule has 0 atom stereocenters. The Morgan fingerprint density at radius 3 is 2.70 bits per heavy atom. The van der Waals surface area contributed by atoms with Gasteiger partial charge in [-0.15, -0.1) is 0 Å². The summed E-state index contributed by atoms with van der Waals surface area (Å²) in [5, 5.41) is 3.85. The van der Waals surface area contributed by atoms with E-state index in [2.05, 4.69) is 5.10 Å². The third-order valence-corrected chi connectivity index (χ3v) is 2.82. The molecule has 0 N–H and O–H groups in total. The molecular weight excluding hydrogens is 263 g/mol. The minimum absolute atomic E-state index is 0.119. The quantitative estimate of drug-likeness (QED) is 0.619. The van der Waals surface area contributed by atoms with E-state index in [1.807, 2.05) is 0 Å². The average molecular weight is 276 g/mol. The third kappa shape index (κ3) is 2.74. The minimum Gasteiger partial charge on any atom is -0.496 e. The zero-order valence-corrected chi connectivity index (χ0v) is 11.1. The van der Waals surface area contributed by atoms with Gasteiger partial charge < -0.3 is 4.74 Å². The second-order valence-corrected chi connectivity index (χ2v) is 4.24. The molecule has 1 aromatic carbocycles. The van der Waals surface area contributed by atoms with E-state index in [0.29, 0.717) is 5.56 Å². The Morgan fingerprint density at radius 2 is 2.10 bits per heavy atom. The van der Waals surface area contributed by atoms with Crippen molar-refractivity contribution in [3.05, 3.63) is 47.5 Å². The Balaban J connectivity index is 2.23. The summed E-state index contributed by atoms with van der Waals surface area (Å²) in [5.41, 5.74) is 0.114. The first-order valence-corrected chi connectivity index (χ1v) is 5.90. The number of carbonyl (C=O) groups is 2. The van der Waals surface area contributed by atoms with Crippen LogP contribution in [0.25, 0.3) is 0 Å². The summed E-state index contributed by atoms with van der Waals surface area (Å²) in [6, 6.07) is 4.07. The number of ether oxygens (including phenoxy) is 1. The molecule has 104 valence electrons. The van der Waals surface area contributed by atoms with Crippen LogP contribution >= 0.6 is 0 Å². The first kappa shape index (κ1) is 13.9. The van der Waals surface area contributed by atoms with Crippen molar-refractivity contribution in [2.75, 3.05) is 7.11 Å². The number of methoxy groups -OCH3 is 1. The number of aryl methyl sites for hydroxylation is 1. The highest BCUT2D eigenvalue weighted by atomic mass is 19.1. The number of nitrogens with zero attached hydrogens (tertiary/aromatic N) is 2. The van der Waals surface area contributed by atoms with Crippen LogP contribution in [0.1, 0.15) is 27.1 Å². The molecule has 0 aliphatic carbocycles. The van der Waals surface area contributed by atoms with E-state index in [9.17, 15) is 14.0 Å². The van der Waals surface area contributed by atoms with Crippen molar-refractivity contribution in [1.29, 1.82) is 0 Å². The summed E-state index contributed by atoms with van der Waals surface area (Å²) in [7, 11) is 3.01. The third-order valence-electron chi connectivity index (χ3n) is 2.82. The molecule has 0 unspecified atom stereocenters. The highest BCUT2D eigenvalue weighted by Crippen LogP contribution is 2.23. The first-order valence-electron chi connectivity index (χ1n) is 5.90. The molecule has 0 aliphatic rings. The number of ketones is 2. The minimum atomic E-state index is -0.701. The van der Waals surface area contributed by atoms with E-state index < -0.39 is 23.8 Å². The van der Waals surface area contributed by atoms with Crippen LogP contribution in [0, 0.1) is 5.82 Å². The number of hydrogen-bond acceptors (Lipinski definition) is 4. The predicted octanol–water partition coefficient (Wildman–Crippen LogP) is 2.02. The zero-order chi connectivity index (χ0) is 14.7. The van der Waals surface area contributed by atoms with Gasteiger partial charge in [0.1, 0.15) is 11.6 Å². The van der Waals surface area contributed by atoms with Gasteiger partial charge in [0.15, 0.2) is 11.6 Å². The lowest BCUT2D eigenvalue weighted by molar-refractivity contribution is 0.0890. The topological polar surface area (TPSA) is 61.2 Å². The maximum absolute atomic E-state index is 13.7. The predicted molar refractivity (Wildman–Crippen MR) is 69.4 cm³/mol. The van der Waals surface area contributed by atoms with E-state index in [1.165, 1.54) is 36.3 Å². The van der Waals surface area contributed by atoms with E-state index >= 15 is 0 Å². The van der Waals surface area contributed by atoms with Gasteiger partial charge in [-0.1, -0.05) is 6.07 Å². The summed E-state index contributed by atoms with van der Waals surface area (Å²) in [6.07, 6.45) is 2.45. The summed E-state index contributed by atoms with van der Waals surface area (Å²) in [4.78, 5) is 24.0. The van der Waals surface area contributed by atoms with Gasteiger partial charge in [0.2, 0.25) is 0 Å². The van der Waals surface area contributed by atoms with Crippen molar-refractivity contribution in [3.63, 3.8) is 0 Å². The molecule has 6 heteroatoms. The number of rotatable bonds is 5. The van der Waals surface area contributed by atoms with E-state index in [1.54, 1.807) is 7.05 Å². The standard InChI is InChI=1S/C14H13FN2O3/c1-17-8-9(7-16-17)11(18)6-12(19)14-10(15)4-3-5-13(14)20-2/h3-5,7-8H,6H2,1-2H3. The molecule has 0 saturated heterocycles. The van der Waals surface area contributed by atoms with Crippen LogP contribution in [0.3, 0.4) is 0 Å². The number of halogens is 1. The second-order valence-electron chi connectivity index (χ2n) is 4.24. The summed E-state index contributed by atoms with van der Waals surface area (Å²) < 4.78 is 20.1. The van der Waals surface area contributed by atoms with Gasteiger partial charge in [-0.2, -0.15) is 5.10 Å². The number of Topliss-reactive ketones (excluding diaryl/α,β-unsaturated/α-hetero) is 2. The molecule has 1 heterocycles. The smallest absolute Gasteiger partial charge is 0.177 e. The van der Waals surface area contributed by atoms with Gasteiger partial charge in [-0.3, -0.25) is 14.3 Å². The molecule has 0 spiro atoms. The van der Waals surface area contributed by atoms with Crippen LogP contribution in [0.2, 0.25) is 0 Å². The van der Waals surface area contributed by atoms with Gasteiger partial charge in [-0.05, 0) is 12.1 Å². The normalized spacial score (nSPS) is 10.3. The Morgan fingerprint density at radius 1 is 1.35 bits per heavy atom. The Hall–Kier alpha value is -2.50. The average Bonchev–Trinajstić information content (AvgIpc) is 2.84. The van der Waals surface area contributed by atoms with Crippen LogP contribution in [0.4, 0.5) is 4.39 Å². The van der Waals surface area contributed by atoms with E-state index in [4.69, 9.17) is 4.74 Å². The highest BCUT2D eigenvalue weighted by molar-refractivity contribution is 6.14. The molecule has 0 radical (unpaired) electrons. The molecule has 5 nitrogen and oxygen atoms in total. The molecule has 0 amide bonds. The number of aromatic nitrogens is 2. The van der Waals surface area contributed by atoms with Gasteiger partial charge in [-0.25, -0.2) is 4.39 Å². The number of hydrogen-bond donors (Lipinski definition) is 0. The van der Waals surface area contributed by atoms with Crippen LogP contribution < -0.4 is 4.74 Å². The lowest BCUT2D eigenvalue weighted by Crippen LogP contribution is -2.11. The first-order chi connectivity index (χ1) is 9.52. The van der Waals surface area contributed by atoms with Crippen LogP contribution in [-0.2, 0) is 7.05 Å². The van der Waals surface area contributed by atoms with Crippen molar-refractivity contribution in [2.24, 2.45) is 7.05 Å². The van der Waals surface area contributed by atoms with Crippen molar-refractivity contribution in [1.82, 2.24) is 9.78 Å². The van der Waals surface area contributed by atoms with Gasteiger partial charge in [0, 0.05) is 13.2 Å². The SMILES string of the molecule is COc1cccc(F)c1C(=O)CC(=O)c1cnn(C)c1. The molecule has 0 fully saturated rings. The second kappa shape index (κ2) is 5.64. The van der Waals surface area contributed by atoms with E-state index in [-0.39, 0.29) is 11.3 Å². The van der Waals surface area contributed by atoms with Gasteiger partial charge in [0.05, 0.1) is 30.9 Å². The number of carbonyl (C=O) groups excluding carboxylic acids is 2. The molecule has 2 aromatic rings. The summed E-state index contributed by atoms with van der Waals surface area (Å²) in [6.45, 7) is 0. The number of benzene rings is 1. The summed E-state index contributed by atoms with van der Waals surface area (Å²) in [5.74, 6) is -1.61. The molecule has 0 saturated carbocycles. The van der Waals surface area contributed by atoms with Crippen molar-refractivity contribution in [2.45, 2.75) is 6.42 Å². The molecule has 1 aromatic heterocycles. The molecule has 2 rings (SSSR count). The van der Waals surface area contributed by atoms with Crippen molar-refractivity contribution in [3.8, 4) is 5.75 Å². The lowest BCUT2D eigenvalue weighted by Gasteiger charge is -2.07. The van der Waals surface area contributed by atoms with Crippen molar-refractivity contribution >= 4 is 11.6 Å². The highest BCUT2D eigenvalue weighted by Gasteiger charge is 2.21. The van der Waals surface area contributed by atoms with Crippen LogP contribution in [0.5, 0.6) is 5.75 Å². The fourth-order valence-electron chi connectivity index (χ4n) is 1.85. The molecule has 0 aliphatic heterocycles. The van der Waals surface area contributed by atoms with E-state index in [0.717, 1.165) is 6.07 Å².